The molecular formula is C15H20F2N2O. The van der Waals surface area contributed by atoms with E-state index in [0.717, 1.165) is 43.9 Å². The Morgan fingerprint density at radius 3 is 2.55 bits per heavy atom. The van der Waals surface area contributed by atoms with Gasteiger partial charge in [-0.15, -0.1) is 6.58 Å². The SMILES string of the molecule is C=C(C)C[C@H](c1c(F)ccc(F)c1O)N1CCNCC1. The maximum Gasteiger partial charge on any atom is 0.165 e. The molecule has 0 aromatic heterocycles. The fourth-order valence-corrected chi connectivity index (χ4v) is 2.61. The van der Waals surface area contributed by atoms with Crippen LogP contribution < -0.4 is 5.32 Å². The minimum absolute atomic E-state index is 0.0369. The van der Waals surface area contributed by atoms with E-state index in [1.54, 1.807) is 0 Å². The van der Waals surface area contributed by atoms with Gasteiger partial charge in [-0.05, 0) is 25.5 Å². The van der Waals surface area contributed by atoms with Crippen LogP contribution in [0.5, 0.6) is 5.75 Å². The molecule has 0 amide bonds. The van der Waals surface area contributed by atoms with Gasteiger partial charge in [0.1, 0.15) is 5.82 Å². The van der Waals surface area contributed by atoms with Crippen LogP contribution in [0.1, 0.15) is 24.9 Å². The highest BCUT2D eigenvalue weighted by Gasteiger charge is 2.28. The summed E-state index contributed by atoms with van der Waals surface area (Å²) in [6, 6.07) is 1.63. The number of piperazine rings is 1. The highest BCUT2D eigenvalue weighted by molar-refractivity contribution is 5.38. The smallest absolute Gasteiger partial charge is 0.165 e. The van der Waals surface area contributed by atoms with Crippen molar-refractivity contribution < 1.29 is 13.9 Å². The van der Waals surface area contributed by atoms with Crippen LogP contribution in [-0.4, -0.2) is 36.2 Å². The summed E-state index contributed by atoms with van der Waals surface area (Å²) >= 11 is 0. The molecule has 2 N–H and O–H groups in total. The molecular weight excluding hydrogens is 262 g/mol. The molecule has 2 rings (SSSR count). The molecule has 1 atom stereocenters. The maximum atomic E-state index is 14.1. The van der Waals surface area contributed by atoms with Gasteiger partial charge in [0.25, 0.3) is 0 Å². The fourth-order valence-electron chi connectivity index (χ4n) is 2.61. The number of nitrogens with zero attached hydrogens (tertiary/aromatic N) is 1. The molecule has 1 aromatic rings. The Morgan fingerprint density at radius 2 is 1.95 bits per heavy atom. The predicted molar refractivity (Wildman–Crippen MR) is 74.6 cm³/mol. The van der Waals surface area contributed by atoms with Crippen LogP contribution in [0.15, 0.2) is 24.3 Å². The van der Waals surface area contributed by atoms with Crippen molar-refractivity contribution in [2.24, 2.45) is 0 Å². The molecule has 1 aliphatic rings. The van der Waals surface area contributed by atoms with E-state index in [1.807, 2.05) is 6.92 Å². The Balaban J connectivity index is 2.40. The van der Waals surface area contributed by atoms with E-state index in [9.17, 15) is 13.9 Å². The largest absolute Gasteiger partial charge is 0.505 e. The molecule has 5 heteroatoms. The molecule has 0 aliphatic carbocycles. The van der Waals surface area contributed by atoms with Crippen LogP contribution in [0.25, 0.3) is 0 Å². The van der Waals surface area contributed by atoms with Gasteiger partial charge in [0.15, 0.2) is 11.6 Å². The molecule has 3 nitrogen and oxygen atoms in total. The minimum atomic E-state index is -0.789. The van der Waals surface area contributed by atoms with Crippen molar-refractivity contribution in [1.82, 2.24) is 10.2 Å². The van der Waals surface area contributed by atoms with E-state index in [4.69, 9.17) is 0 Å². The Morgan fingerprint density at radius 1 is 1.35 bits per heavy atom. The third-order valence-electron chi connectivity index (χ3n) is 3.58. The zero-order valence-corrected chi connectivity index (χ0v) is 11.6. The average molecular weight is 282 g/mol. The lowest BCUT2D eigenvalue weighted by Gasteiger charge is -2.35. The standard InChI is InChI=1S/C15H20F2N2O/c1-10(2)9-13(19-7-5-18-6-8-19)14-11(16)3-4-12(17)15(14)20/h3-4,13,18,20H,1,5-9H2,2H3/t13-/m1/s1. The second kappa shape index (κ2) is 6.33. The summed E-state index contributed by atoms with van der Waals surface area (Å²) < 4.78 is 27.6. The number of aromatic hydroxyl groups is 1. The maximum absolute atomic E-state index is 14.1. The molecule has 0 unspecified atom stereocenters. The predicted octanol–water partition coefficient (Wildman–Crippen LogP) is 2.58. The van der Waals surface area contributed by atoms with Crippen molar-refractivity contribution in [1.29, 1.82) is 0 Å². The molecule has 1 aromatic carbocycles. The number of nitrogens with one attached hydrogen (secondary N) is 1. The Labute approximate surface area is 117 Å². The van der Waals surface area contributed by atoms with E-state index in [2.05, 4.69) is 16.8 Å². The number of phenols is 1. The van der Waals surface area contributed by atoms with E-state index < -0.39 is 17.4 Å². The molecule has 1 fully saturated rings. The van der Waals surface area contributed by atoms with Gasteiger partial charge in [-0.2, -0.15) is 0 Å². The van der Waals surface area contributed by atoms with Crippen LogP contribution in [-0.2, 0) is 0 Å². The molecule has 110 valence electrons. The summed E-state index contributed by atoms with van der Waals surface area (Å²) in [5.41, 5.74) is 0.909. The first-order valence-electron chi connectivity index (χ1n) is 6.76. The molecule has 0 spiro atoms. The highest BCUT2D eigenvalue weighted by atomic mass is 19.1. The van der Waals surface area contributed by atoms with Crippen LogP contribution in [0, 0.1) is 11.6 Å². The number of rotatable bonds is 4. The second-order valence-corrected chi connectivity index (χ2v) is 5.25. The first kappa shape index (κ1) is 14.9. The van der Waals surface area contributed by atoms with E-state index in [0.29, 0.717) is 6.42 Å². The zero-order chi connectivity index (χ0) is 14.7. The Kier molecular flexibility index (Phi) is 4.73. The quantitative estimate of drug-likeness (QED) is 0.833. The van der Waals surface area contributed by atoms with Crippen molar-refractivity contribution in [3.63, 3.8) is 0 Å². The van der Waals surface area contributed by atoms with Gasteiger partial charge >= 0.3 is 0 Å². The van der Waals surface area contributed by atoms with Crippen molar-refractivity contribution >= 4 is 0 Å². The monoisotopic (exact) mass is 282 g/mol. The third-order valence-corrected chi connectivity index (χ3v) is 3.58. The van der Waals surface area contributed by atoms with Crippen LogP contribution >= 0.6 is 0 Å². The van der Waals surface area contributed by atoms with Gasteiger partial charge in [0.05, 0.1) is 5.56 Å². The van der Waals surface area contributed by atoms with Gasteiger partial charge in [0, 0.05) is 32.2 Å². The van der Waals surface area contributed by atoms with Crippen molar-refractivity contribution in [2.75, 3.05) is 26.2 Å². The average Bonchev–Trinajstić information content (AvgIpc) is 2.43. The van der Waals surface area contributed by atoms with Gasteiger partial charge < -0.3 is 10.4 Å². The topological polar surface area (TPSA) is 35.5 Å². The van der Waals surface area contributed by atoms with Crippen LogP contribution in [0.3, 0.4) is 0 Å². The molecule has 0 bridgehead atoms. The molecule has 1 heterocycles. The van der Waals surface area contributed by atoms with E-state index >= 15 is 0 Å². The number of hydrogen-bond donors (Lipinski definition) is 2. The number of phenolic OH excluding ortho intramolecular Hbond substituents is 1. The third kappa shape index (κ3) is 3.16. The summed E-state index contributed by atoms with van der Waals surface area (Å²) in [5, 5.41) is 13.1. The Bertz CT molecular complexity index is 499. The van der Waals surface area contributed by atoms with Crippen LogP contribution in [0.4, 0.5) is 8.78 Å². The fraction of sp³-hybridized carbons (Fsp3) is 0.467. The first-order chi connectivity index (χ1) is 9.50. The first-order valence-corrected chi connectivity index (χ1v) is 6.76. The van der Waals surface area contributed by atoms with Gasteiger partial charge in [0.2, 0.25) is 0 Å². The van der Waals surface area contributed by atoms with Gasteiger partial charge in [-0.25, -0.2) is 8.78 Å². The van der Waals surface area contributed by atoms with Crippen molar-refractivity contribution in [3.8, 4) is 5.75 Å². The number of halogens is 2. The summed E-state index contributed by atoms with van der Waals surface area (Å²) in [7, 11) is 0. The number of benzene rings is 1. The summed E-state index contributed by atoms with van der Waals surface area (Å²) in [6.45, 7) is 8.76. The molecule has 1 aliphatic heterocycles. The number of hydrogen-bond acceptors (Lipinski definition) is 3. The lowest BCUT2D eigenvalue weighted by Crippen LogP contribution is -2.45. The zero-order valence-electron chi connectivity index (χ0n) is 11.6. The lowest BCUT2D eigenvalue weighted by atomic mass is 9.96. The van der Waals surface area contributed by atoms with E-state index in [-0.39, 0.29) is 11.6 Å². The molecule has 0 saturated carbocycles. The Hall–Kier alpha value is -1.46. The van der Waals surface area contributed by atoms with Crippen LogP contribution in [0.2, 0.25) is 0 Å². The van der Waals surface area contributed by atoms with Crippen molar-refractivity contribution in [2.45, 2.75) is 19.4 Å². The summed E-state index contributed by atoms with van der Waals surface area (Å²) in [6.07, 6.45) is 0.494. The molecule has 1 saturated heterocycles. The normalized spacial score (nSPS) is 17.9. The summed E-state index contributed by atoms with van der Waals surface area (Å²) in [5.74, 6) is -1.95. The van der Waals surface area contributed by atoms with Gasteiger partial charge in [-0.1, -0.05) is 5.57 Å². The molecule has 0 radical (unpaired) electrons. The summed E-state index contributed by atoms with van der Waals surface area (Å²) in [4.78, 5) is 2.06. The van der Waals surface area contributed by atoms with Crippen molar-refractivity contribution in [3.05, 3.63) is 41.5 Å². The highest BCUT2D eigenvalue weighted by Crippen LogP contribution is 2.36. The minimum Gasteiger partial charge on any atom is -0.505 e. The second-order valence-electron chi connectivity index (χ2n) is 5.25. The van der Waals surface area contributed by atoms with E-state index in [1.165, 1.54) is 0 Å². The molecule has 20 heavy (non-hydrogen) atoms. The lowest BCUT2D eigenvalue weighted by molar-refractivity contribution is 0.165. The van der Waals surface area contributed by atoms with Gasteiger partial charge in [-0.3, -0.25) is 4.90 Å².